The number of allylic oxidation sites excluding steroid dienone is 1. The quantitative estimate of drug-likeness (QED) is 0.459. The van der Waals surface area contributed by atoms with Gasteiger partial charge in [-0.1, -0.05) is 36.3 Å². The molecule has 0 aromatic heterocycles. The number of ether oxygens (including phenoxy) is 1. The standard InChI is InChI=1S/C17H22O2S/c1-12-9-10-15(13(2)17(18)19-3)16(12)11-20-14-7-5-4-6-8-14/h4-8,13,15H,9-11H2,1-3H3/t13-,15+/m0/s1. The summed E-state index contributed by atoms with van der Waals surface area (Å²) < 4.78 is 4.90. The Morgan fingerprint density at radius 3 is 2.75 bits per heavy atom. The van der Waals surface area contributed by atoms with Crippen molar-refractivity contribution >= 4 is 17.7 Å². The largest absolute Gasteiger partial charge is 0.469 e. The molecule has 0 saturated carbocycles. The molecule has 0 unspecified atom stereocenters. The van der Waals surface area contributed by atoms with Gasteiger partial charge >= 0.3 is 5.97 Å². The lowest BCUT2D eigenvalue weighted by atomic mass is 9.88. The maximum absolute atomic E-state index is 11.8. The lowest BCUT2D eigenvalue weighted by molar-refractivity contribution is -0.146. The molecule has 0 fully saturated rings. The zero-order valence-electron chi connectivity index (χ0n) is 12.4. The van der Waals surface area contributed by atoms with Crippen LogP contribution in [0.15, 0.2) is 46.4 Å². The molecule has 0 radical (unpaired) electrons. The minimum atomic E-state index is -0.0908. The summed E-state index contributed by atoms with van der Waals surface area (Å²) in [4.78, 5) is 13.1. The maximum Gasteiger partial charge on any atom is 0.308 e. The molecular weight excluding hydrogens is 268 g/mol. The van der Waals surface area contributed by atoms with Crippen LogP contribution in [-0.2, 0) is 9.53 Å². The molecule has 0 aliphatic heterocycles. The molecule has 0 bridgehead atoms. The molecule has 1 aromatic carbocycles. The molecule has 2 atom stereocenters. The van der Waals surface area contributed by atoms with Gasteiger partial charge in [0.25, 0.3) is 0 Å². The van der Waals surface area contributed by atoms with Crippen LogP contribution in [0, 0.1) is 11.8 Å². The van der Waals surface area contributed by atoms with Crippen molar-refractivity contribution in [2.45, 2.75) is 31.6 Å². The van der Waals surface area contributed by atoms with E-state index in [2.05, 4.69) is 31.2 Å². The van der Waals surface area contributed by atoms with Crippen LogP contribution < -0.4 is 0 Å². The Kier molecular flexibility index (Phi) is 5.30. The molecule has 0 N–H and O–H groups in total. The minimum absolute atomic E-state index is 0.0381. The fourth-order valence-electron chi connectivity index (χ4n) is 2.83. The lowest BCUT2D eigenvalue weighted by Gasteiger charge is -2.21. The van der Waals surface area contributed by atoms with Crippen LogP contribution in [-0.4, -0.2) is 18.8 Å². The van der Waals surface area contributed by atoms with Crippen molar-refractivity contribution in [1.29, 1.82) is 0 Å². The molecular formula is C17H22O2S. The number of esters is 1. The second kappa shape index (κ2) is 6.98. The van der Waals surface area contributed by atoms with Gasteiger partial charge in [0.15, 0.2) is 0 Å². The Hall–Kier alpha value is -1.22. The van der Waals surface area contributed by atoms with E-state index in [-0.39, 0.29) is 11.9 Å². The fraction of sp³-hybridized carbons (Fsp3) is 0.471. The first-order chi connectivity index (χ1) is 9.63. The number of rotatable bonds is 5. The first-order valence-corrected chi connectivity index (χ1v) is 8.06. The Morgan fingerprint density at radius 2 is 2.10 bits per heavy atom. The van der Waals surface area contributed by atoms with Gasteiger partial charge < -0.3 is 4.74 Å². The SMILES string of the molecule is COC(=O)[C@@H](C)[C@H]1CCC(C)=C1CSc1ccccc1. The van der Waals surface area contributed by atoms with Crippen molar-refractivity contribution in [1.82, 2.24) is 0 Å². The van der Waals surface area contributed by atoms with E-state index in [9.17, 15) is 4.79 Å². The molecule has 0 spiro atoms. The van der Waals surface area contributed by atoms with Gasteiger partial charge in [-0.2, -0.15) is 0 Å². The first kappa shape index (κ1) is 15.2. The number of thioether (sulfide) groups is 1. The van der Waals surface area contributed by atoms with Crippen molar-refractivity contribution in [3.63, 3.8) is 0 Å². The monoisotopic (exact) mass is 290 g/mol. The number of carbonyl (C=O) groups is 1. The van der Waals surface area contributed by atoms with Crippen LogP contribution in [0.4, 0.5) is 0 Å². The van der Waals surface area contributed by atoms with Gasteiger partial charge in [-0.15, -0.1) is 11.8 Å². The highest BCUT2D eigenvalue weighted by Gasteiger charge is 2.32. The maximum atomic E-state index is 11.8. The molecule has 0 saturated heterocycles. The van der Waals surface area contributed by atoms with E-state index in [1.807, 2.05) is 24.8 Å². The first-order valence-electron chi connectivity index (χ1n) is 7.07. The topological polar surface area (TPSA) is 26.3 Å². The van der Waals surface area contributed by atoms with Crippen LogP contribution in [0.25, 0.3) is 0 Å². The van der Waals surface area contributed by atoms with Crippen LogP contribution in [0.2, 0.25) is 0 Å². The average Bonchev–Trinajstić information content (AvgIpc) is 2.85. The molecule has 108 valence electrons. The van der Waals surface area contributed by atoms with Crippen molar-refractivity contribution in [3.05, 3.63) is 41.5 Å². The van der Waals surface area contributed by atoms with Gasteiger partial charge in [0.1, 0.15) is 0 Å². The molecule has 0 heterocycles. The predicted octanol–water partition coefficient (Wildman–Crippen LogP) is 4.31. The van der Waals surface area contributed by atoms with Gasteiger partial charge in [0.2, 0.25) is 0 Å². The van der Waals surface area contributed by atoms with Crippen molar-refractivity contribution in [2.75, 3.05) is 12.9 Å². The van der Waals surface area contributed by atoms with E-state index < -0.39 is 0 Å². The van der Waals surface area contributed by atoms with Crippen LogP contribution in [0.5, 0.6) is 0 Å². The van der Waals surface area contributed by atoms with Crippen LogP contribution >= 0.6 is 11.8 Å². The van der Waals surface area contributed by atoms with E-state index in [0.717, 1.165) is 18.6 Å². The minimum Gasteiger partial charge on any atom is -0.469 e. The molecule has 2 nitrogen and oxygen atoms in total. The zero-order valence-corrected chi connectivity index (χ0v) is 13.2. The van der Waals surface area contributed by atoms with E-state index in [1.165, 1.54) is 23.2 Å². The summed E-state index contributed by atoms with van der Waals surface area (Å²) in [5, 5.41) is 0. The van der Waals surface area contributed by atoms with E-state index in [1.54, 1.807) is 0 Å². The molecule has 0 amide bonds. The highest BCUT2D eigenvalue weighted by molar-refractivity contribution is 7.99. The summed E-state index contributed by atoms with van der Waals surface area (Å²) in [6, 6.07) is 10.4. The summed E-state index contributed by atoms with van der Waals surface area (Å²) in [5.74, 6) is 1.19. The Labute approximate surface area is 125 Å². The second-order valence-corrected chi connectivity index (χ2v) is 6.41. The van der Waals surface area contributed by atoms with Gasteiger partial charge in [0, 0.05) is 10.6 Å². The zero-order chi connectivity index (χ0) is 14.5. The summed E-state index contributed by atoms with van der Waals surface area (Å²) in [6.45, 7) is 4.19. The smallest absolute Gasteiger partial charge is 0.308 e. The highest BCUT2D eigenvalue weighted by Crippen LogP contribution is 2.39. The Bertz CT molecular complexity index is 493. The van der Waals surface area contributed by atoms with E-state index in [4.69, 9.17) is 4.74 Å². The predicted molar refractivity (Wildman–Crippen MR) is 83.8 cm³/mol. The average molecular weight is 290 g/mol. The molecule has 1 aliphatic rings. The van der Waals surface area contributed by atoms with Gasteiger partial charge in [-0.25, -0.2) is 0 Å². The number of benzene rings is 1. The molecule has 20 heavy (non-hydrogen) atoms. The summed E-state index contributed by atoms with van der Waals surface area (Å²) in [6.07, 6.45) is 2.18. The number of carbonyl (C=O) groups excluding carboxylic acids is 1. The molecule has 3 heteroatoms. The van der Waals surface area contributed by atoms with Crippen molar-refractivity contribution in [2.24, 2.45) is 11.8 Å². The molecule has 1 aliphatic carbocycles. The van der Waals surface area contributed by atoms with Gasteiger partial charge in [0.05, 0.1) is 13.0 Å². The summed E-state index contributed by atoms with van der Waals surface area (Å²) in [7, 11) is 1.47. The summed E-state index contributed by atoms with van der Waals surface area (Å²) in [5.41, 5.74) is 2.89. The highest BCUT2D eigenvalue weighted by atomic mass is 32.2. The van der Waals surface area contributed by atoms with Crippen molar-refractivity contribution < 1.29 is 9.53 Å². The van der Waals surface area contributed by atoms with Gasteiger partial charge in [-0.3, -0.25) is 4.79 Å². The number of hydrogen-bond acceptors (Lipinski definition) is 3. The Morgan fingerprint density at radius 1 is 1.40 bits per heavy atom. The summed E-state index contributed by atoms with van der Waals surface area (Å²) >= 11 is 1.85. The van der Waals surface area contributed by atoms with Crippen molar-refractivity contribution in [3.8, 4) is 0 Å². The van der Waals surface area contributed by atoms with Crippen LogP contribution in [0.3, 0.4) is 0 Å². The third-order valence-electron chi connectivity index (χ3n) is 4.14. The third-order valence-corrected chi connectivity index (χ3v) is 5.20. The lowest BCUT2D eigenvalue weighted by Crippen LogP contribution is -2.22. The van der Waals surface area contributed by atoms with E-state index in [0.29, 0.717) is 5.92 Å². The normalized spacial score (nSPS) is 20.1. The van der Waals surface area contributed by atoms with Crippen LogP contribution in [0.1, 0.15) is 26.7 Å². The molecule has 2 rings (SSSR count). The number of hydrogen-bond donors (Lipinski definition) is 0. The van der Waals surface area contributed by atoms with E-state index >= 15 is 0 Å². The van der Waals surface area contributed by atoms with Gasteiger partial charge in [-0.05, 0) is 37.8 Å². The fourth-order valence-corrected chi connectivity index (χ4v) is 3.97. The number of methoxy groups -OCH3 is 1. The second-order valence-electron chi connectivity index (χ2n) is 5.36. The molecule has 1 aromatic rings. The Balaban J connectivity index is 2.04. The third kappa shape index (κ3) is 3.45.